The van der Waals surface area contributed by atoms with Gasteiger partial charge in [-0.05, 0) is 12.1 Å². The number of benzene rings is 1. The van der Waals surface area contributed by atoms with Gasteiger partial charge in [0.05, 0.1) is 16.1 Å². The fraction of sp³-hybridized carbons (Fsp3) is 0.300. The second kappa shape index (κ2) is 4.33. The third kappa shape index (κ3) is 2.47. The van der Waals surface area contributed by atoms with E-state index in [1.165, 1.54) is 20.2 Å². The van der Waals surface area contributed by atoms with Crippen molar-refractivity contribution in [1.29, 1.82) is 0 Å². The molecule has 0 aromatic heterocycles. The Labute approximate surface area is 95.6 Å². The van der Waals surface area contributed by atoms with Gasteiger partial charge in [0.25, 0.3) is 5.91 Å². The first kappa shape index (κ1) is 12.8. The van der Waals surface area contributed by atoms with Gasteiger partial charge in [0.2, 0.25) is 0 Å². The predicted molar refractivity (Wildman–Crippen MR) is 54.5 cm³/mol. The second-order valence-corrected chi connectivity index (χ2v) is 3.77. The van der Waals surface area contributed by atoms with Gasteiger partial charge in [0, 0.05) is 14.1 Å². The summed E-state index contributed by atoms with van der Waals surface area (Å²) in [5.74, 6) is -0.766. The minimum Gasteiger partial charge on any atom is -0.345 e. The molecule has 1 rings (SSSR count). The van der Waals surface area contributed by atoms with Crippen LogP contribution in [0.4, 0.5) is 13.2 Å². The largest absolute Gasteiger partial charge is 0.417 e. The summed E-state index contributed by atoms with van der Waals surface area (Å²) < 4.78 is 37.9. The van der Waals surface area contributed by atoms with Crippen molar-refractivity contribution in [3.8, 4) is 0 Å². The summed E-state index contributed by atoms with van der Waals surface area (Å²) in [5.41, 5.74) is -1.53. The molecule has 0 saturated heterocycles. The first-order chi connectivity index (χ1) is 7.25. The highest BCUT2D eigenvalue weighted by molar-refractivity contribution is 6.34. The van der Waals surface area contributed by atoms with Crippen LogP contribution in [0.3, 0.4) is 0 Å². The van der Waals surface area contributed by atoms with Gasteiger partial charge < -0.3 is 4.90 Å². The number of amides is 1. The van der Waals surface area contributed by atoms with Crippen molar-refractivity contribution in [2.24, 2.45) is 0 Å². The van der Waals surface area contributed by atoms with Gasteiger partial charge in [-0.1, -0.05) is 17.7 Å². The molecule has 0 heterocycles. The molecule has 0 aliphatic rings. The summed E-state index contributed by atoms with van der Waals surface area (Å²) in [7, 11) is 2.73. The van der Waals surface area contributed by atoms with Gasteiger partial charge in [0.1, 0.15) is 0 Å². The molecule has 0 aliphatic carbocycles. The number of halogens is 4. The molecule has 6 heteroatoms. The second-order valence-electron chi connectivity index (χ2n) is 3.36. The third-order valence-corrected chi connectivity index (χ3v) is 2.25. The van der Waals surface area contributed by atoms with Crippen molar-refractivity contribution in [2.75, 3.05) is 14.1 Å². The van der Waals surface area contributed by atoms with Crippen molar-refractivity contribution >= 4 is 17.5 Å². The molecule has 2 nitrogen and oxygen atoms in total. The Morgan fingerprint density at radius 2 is 1.88 bits per heavy atom. The molecule has 0 bridgehead atoms. The van der Waals surface area contributed by atoms with Crippen LogP contribution in [-0.2, 0) is 6.18 Å². The summed E-state index contributed by atoms with van der Waals surface area (Å²) in [6.07, 6.45) is -4.59. The van der Waals surface area contributed by atoms with E-state index >= 15 is 0 Å². The van der Waals surface area contributed by atoms with Crippen LogP contribution in [0.5, 0.6) is 0 Å². The van der Waals surface area contributed by atoms with E-state index in [4.69, 9.17) is 11.6 Å². The van der Waals surface area contributed by atoms with Crippen LogP contribution >= 0.6 is 11.6 Å². The molecular weight excluding hydrogens is 243 g/mol. The number of alkyl halides is 3. The summed E-state index contributed by atoms with van der Waals surface area (Å²) in [4.78, 5) is 12.6. The minimum atomic E-state index is -4.59. The van der Waals surface area contributed by atoms with E-state index in [0.717, 1.165) is 17.0 Å². The molecule has 0 unspecified atom stereocenters. The molecule has 88 valence electrons. The molecule has 0 radical (unpaired) electrons. The smallest absolute Gasteiger partial charge is 0.345 e. The van der Waals surface area contributed by atoms with Crippen molar-refractivity contribution in [2.45, 2.75) is 6.18 Å². The molecule has 16 heavy (non-hydrogen) atoms. The Kier molecular flexibility index (Phi) is 3.48. The van der Waals surface area contributed by atoms with Crippen molar-refractivity contribution in [1.82, 2.24) is 4.90 Å². The molecule has 1 amide bonds. The monoisotopic (exact) mass is 251 g/mol. The highest BCUT2D eigenvalue weighted by Gasteiger charge is 2.36. The quantitative estimate of drug-likeness (QED) is 0.751. The number of carbonyl (C=O) groups is 1. The van der Waals surface area contributed by atoms with E-state index in [0.29, 0.717) is 0 Å². The molecule has 0 spiro atoms. The van der Waals surface area contributed by atoms with Crippen LogP contribution in [0.15, 0.2) is 18.2 Å². The van der Waals surface area contributed by atoms with Crippen LogP contribution in [0.1, 0.15) is 15.9 Å². The van der Waals surface area contributed by atoms with Crippen molar-refractivity contribution < 1.29 is 18.0 Å². The summed E-state index contributed by atoms with van der Waals surface area (Å²) in [5, 5.41) is -0.200. The summed E-state index contributed by atoms with van der Waals surface area (Å²) in [6.45, 7) is 0. The maximum absolute atomic E-state index is 12.6. The molecule has 0 saturated carbocycles. The van der Waals surface area contributed by atoms with E-state index in [1.807, 2.05) is 0 Å². The van der Waals surface area contributed by atoms with Crippen LogP contribution < -0.4 is 0 Å². The average molecular weight is 252 g/mol. The maximum Gasteiger partial charge on any atom is 0.417 e. The average Bonchev–Trinajstić information content (AvgIpc) is 2.14. The topological polar surface area (TPSA) is 20.3 Å². The fourth-order valence-electron chi connectivity index (χ4n) is 1.20. The van der Waals surface area contributed by atoms with E-state index in [-0.39, 0.29) is 5.02 Å². The SMILES string of the molecule is CN(C)C(=O)c1c(Cl)cccc1C(F)(F)F. The molecule has 0 atom stereocenters. The number of hydrogen-bond donors (Lipinski definition) is 0. The molecule has 1 aromatic rings. The van der Waals surface area contributed by atoms with Crippen molar-refractivity contribution in [3.63, 3.8) is 0 Å². The Bertz CT molecular complexity index is 415. The number of carbonyl (C=O) groups excluding carboxylic acids is 1. The molecular formula is C10H9ClF3NO. The molecule has 1 aromatic carbocycles. The lowest BCUT2D eigenvalue weighted by Crippen LogP contribution is -2.25. The van der Waals surface area contributed by atoms with Gasteiger partial charge in [-0.25, -0.2) is 0 Å². The van der Waals surface area contributed by atoms with E-state index in [1.54, 1.807) is 0 Å². The Balaban J connectivity index is 3.41. The standard InChI is InChI=1S/C10H9ClF3NO/c1-15(2)9(16)8-6(10(12,13)14)4-3-5-7(8)11/h3-5H,1-2H3. The normalized spacial score (nSPS) is 11.4. The Hall–Kier alpha value is -1.23. The van der Waals surface area contributed by atoms with Crippen LogP contribution in [0.2, 0.25) is 5.02 Å². The molecule has 0 fully saturated rings. The molecule has 0 aliphatic heterocycles. The first-order valence-electron chi connectivity index (χ1n) is 4.32. The number of rotatable bonds is 1. The van der Waals surface area contributed by atoms with E-state index in [9.17, 15) is 18.0 Å². The maximum atomic E-state index is 12.6. The zero-order valence-corrected chi connectivity index (χ0v) is 9.36. The van der Waals surface area contributed by atoms with Gasteiger partial charge in [0.15, 0.2) is 0 Å². The summed E-state index contributed by atoms with van der Waals surface area (Å²) >= 11 is 5.63. The van der Waals surface area contributed by atoms with Gasteiger partial charge >= 0.3 is 6.18 Å². The lowest BCUT2D eigenvalue weighted by Gasteiger charge is -2.16. The molecule has 0 N–H and O–H groups in total. The number of hydrogen-bond acceptors (Lipinski definition) is 1. The summed E-state index contributed by atoms with van der Waals surface area (Å²) in [6, 6.07) is 3.26. The van der Waals surface area contributed by atoms with Crippen LogP contribution in [0.25, 0.3) is 0 Å². The van der Waals surface area contributed by atoms with Crippen LogP contribution in [-0.4, -0.2) is 24.9 Å². The highest BCUT2D eigenvalue weighted by atomic mass is 35.5. The van der Waals surface area contributed by atoms with Gasteiger partial charge in [-0.15, -0.1) is 0 Å². The first-order valence-corrected chi connectivity index (χ1v) is 4.70. The van der Waals surface area contributed by atoms with Crippen LogP contribution in [0, 0.1) is 0 Å². The zero-order valence-electron chi connectivity index (χ0n) is 8.60. The van der Waals surface area contributed by atoms with E-state index in [2.05, 4.69) is 0 Å². The van der Waals surface area contributed by atoms with Crippen molar-refractivity contribution in [3.05, 3.63) is 34.3 Å². The number of nitrogens with zero attached hydrogens (tertiary/aromatic N) is 1. The fourth-order valence-corrected chi connectivity index (χ4v) is 1.46. The zero-order chi connectivity index (χ0) is 12.5. The lowest BCUT2D eigenvalue weighted by molar-refractivity contribution is -0.138. The predicted octanol–water partition coefficient (Wildman–Crippen LogP) is 3.06. The van der Waals surface area contributed by atoms with Gasteiger partial charge in [-0.2, -0.15) is 13.2 Å². The van der Waals surface area contributed by atoms with Gasteiger partial charge in [-0.3, -0.25) is 4.79 Å². The third-order valence-electron chi connectivity index (χ3n) is 1.94. The lowest BCUT2D eigenvalue weighted by atomic mass is 10.1. The highest BCUT2D eigenvalue weighted by Crippen LogP contribution is 2.35. The minimum absolute atomic E-state index is 0.200. The Morgan fingerprint density at radius 3 is 2.31 bits per heavy atom. The van der Waals surface area contributed by atoms with E-state index < -0.39 is 23.2 Å². The Morgan fingerprint density at radius 1 is 1.31 bits per heavy atom.